The number of hydrogen-bond donors (Lipinski definition) is 3. The molecule has 1 aliphatic carbocycles. The standard InChI is InChI=1S/C13H16F6I2N2O3/c1-9(20,13-21(22-13)23-13)8(24)26-7-4-2-6(3-5-7)10(25,11(14,15)16)12(17,18)19/h6-7,22-23,25H,2-5H2,1H3. The third kappa shape index (κ3) is 3.12. The van der Waals surface area contributed by atoms with Crippen LogP contribution in [0.1, 0.15) is 32.6 Å². The van der Waals surface area contributed by atoms with E-state index in [9.17, 15) is 36.2 Å². The molecular formula is C13H16F6I2N2O3. The van der Waals surface area contributed by atoms with Crippen LogP contribution >= 0.6 is 43.0 Å². The molecular weight excluding hydrogens is 600 g/mol. The van der Waals surface area contributed by atoms with Gasteiger partial charge in [0.15, 0.2) is 0 Å². The van der Waals surface area contributed by atoms with Crippen molar-refractivity contribution in [3.63, 3.8) is 0 Å². The molecule has 0 aromatic rings. The van der Waals surface area contributed by atoms with Crippen LogP contribution < -0.4 is 7.06 Å². The minimum atomic E-state index is -5.82. The van der Waals surface area contributed by atoms with Crippen molar-refractivity contribution in [1.29, 1.82) is 0 Å². The van der Waals surface area contributed by atoms with E-state index < -0.39 is 72.6 Å². The molecule has 1 atom stereocenters. The summed E-state index contributed by atoms with van der Waals surface area (Å²) in [6.07, 6.45) is -13.8. The zero-order chi connectivity index (χ0) is 19.8. The van der Waals surface area contributed by atoms with Crippen LogP contribution in [0, 0.1) is 5.92 Å². The molecule has 2 aliphatic heterocycles. The molecule has 26 heavy (non-hydrogen) atoms. The van der Waals surface area contributed by atoms with Crippen LogP contribution in [0.5, 0.6) is 0 Å². The number of nitrogens with one attached hydrogen (secondary N) is 2. The van der Waals surface area contributed by atoms with Crippen LogP contribution in [0.3, 0.4) is 0 Å². The van der Waals surface area contributed by atoms with Crippen molar-refractivity contribution in [2.45, 2.75) is 63.8 Å². The topological polar surface area (TPSA) is 90.4 Å². The Hall–Kier alpha value is 0.390. The summed E-state index contributed by atoms with van der Waals surface area (Å²) in [5.41, 5.74) is -4.75. The summed E-state index contributed by atoms with van der Waals surface area (Å²) >= 11 is 0.526. The Bertz CT molecular complexity index is 584. The average molecular weight is 616 g/mol. The van der Waals surface area contributed by atoms with E-state index in [0.29, 0.717) is 0 Å². The first-order valence-electron chi connectivity index (χ1n) is 7.68. The molecule has 5 nitrogen and oxygen atoms in total. The number of alkyl halides is 8. The van der Waals surface area contributed by atoms with Gasteiger partial charge < -0.3 is 0 Å². The van der Waals surface area contributed by atoms with E-state index in [0.717, 1.165) is 0 Å². The van der Waals surface area contributed by atoms with Crippen LogP contribution in [0.15, 0.2) is 0 Å². The molecule has 3 rings (SSSR count). The quantitative estimate of drug-likeness (QED) is 0.0859. The molecule has 2 saturated heterocycles. The molecule has 0 spiro atoms. The van der Waals surface area contributed by atoms with Crippen molar-refractivity contribution in [2.24, 2.45) is 5.92 Å². The molecule has 0 bridgehead atoms. The van der Waals surface area contributed by atoms with E-state index in [-0.39, 0.29) is 16.5 Å². The van der Waals surface area contributed by atoms with Gasteiger partial charge in [-0.2, -0.15) is 0 Å². The predicted molar refractivity (Wildman–Crippen MR) is 94.3 cm³/mol. The van der Waals surface area contributed by atoms with Crippen molar-refractivity contribution in [3.05, 3.63) is 0 Å². The molecule has 1 unspecified atom stereocenters. The molecule has 0 aromatic carbocycles. The molecule has 2 heterocycles. The fourth-order valence-electron chi connectivity index (χ4n) is 3.20. The maximum absolute atomic E-state index is 12.9. The number of rotatable bonds is 4. The maximum atomic E-state index is 12.9. The van der Waals surface area contributed by atoms with Gasteiger partial charge in [-0.3, -0.25) is 0 Å². The fourth-order valence-corrected chi connectivity index (χ4v) is 11.0. The fraction of sp³-hybridized carbons (Fsp3) is 0.923. The third-order valence-electron chi connectivity index (χ3n) is 5.09. The summed E-state index contributed by atoms with van der Waals surface area (Å²) in [6, 6.07) is 0. The number of carbonyl (C=O) groups is 1. The normalized spacial score (nSPS) is 31.7. The number of hydrogen-bond acceptors (Lipinski definition) is 5. The summed E-state index contributed by atoms with van der Waals surface area (Å²) in [4.78, 5) is 12.3. The monoisotopic (exact) mass is 616 g/mol. The Labute approximate surface area is 166 Å². The molecule has 0 aromatic heterocycles. The average Bonchev–Trinajstić information content (AvgIpc) is 3.34. The Balaban J connectivity index is 1.61. The Morgan fingerprint density at radius 3 is 1.88 bits per heavy atom. The Morgan fingerprint density at radius 1 is 1.12 bits per heavy atom. The minimum absolute atomic E-state index is 0.159. The second-order valence-corrected chi connectivity index (χ2v) is 13.2. The van der Waals surface area contributed by atoms with Gasteiger partial charge >= 0.3 is 167 Å². The summed E-state index contributed by atoms with van der Waals surface area (Å²) in [5, 5.41) is 9.46. The van der Waals surface area contributed by atoms with Gasteiger partial charge in [-0.05, 0) is 0 Å². The van der Waals surface area contributed by atoms with Gasteiger partial charge in [-0.1, -0.05) is 0 Å². The summed E-state index contributed by atoms with van der Waals surface area (Å²) < 4.78 is 88.0. The molecule has 13 heteroatoms. The molecule has 3 aliphatic rings. The molecule has 152 valence electrons. The molecule has 3 N–H and O–H groups in total. The molecule has 3 fully saturated rings. The molecule has 0 radical (unpaired) electrons. The summed E-state index contributed by atoms with van der Waals surface area (Å²) in [7, 11) is 0. The van der Waals surface area contributed by atoms with Gasteiger partial charge in [-0.25, -0.2) is 0 Å². The second kappa shape index (κ2) is 6.19. The molecule has 0 amide bonds. The van der Waals surface area contributed by atoms with E-state index >= 15 is 0 Å². The number of carbonyl (C=O) groups excluding carboxylic acids is 1. The van der Waals surface area contributed by atoms with E-state index in [1.54, 1.807) is 6.92 Å². The first kappa shape index (κ1) is 21.1. The van der Waals surface area contributed by atoms with Gasteiger partial charge in [0.25, 0.3) is 0 Å². The number of esters is 1. The van der Waals surface area contributed by atoms with Crippen LogP contribution in [-0.2, 0) is 9.53 Å². The van der Waals surface area contributed by atoms with Crippen molar-refractivity contribution in [1.82, 2.24) is 7.06 Å². The first-order chi connectivity index (χ1) is 11.7. The van der Waals surface area contributed by atoms with Crippen molar-refractivity contribution in [3.8, 4) is 0 Å². The van der Waals surface area contributed by atoms with Gasteiger partial charge in [0.2, 0.25) is 0 Å². The zero-order valence-electron chi connectivity index (χ0n) is 13.3. The number of aliphatic hydroxyl groups is 1. The summed E-state index contributed by atoms with van der Waals surface area (Å²) in [5.74, 6) is -2.56. The number of ether oxygens (including phenoxy) is 1. The van der Waals surface area contributed by atoms with Gasteiger partial charge in [0.1, 0.15) is 0 Å². The third-order valence-corrected chi connectivity index (χ3v) is 12.2. The zero-order valence-corrected chi connectivity index (χ0v) is 17.6. The number of halogens is 8. The predicted octanol–water partition coefficient (Wildman–Crippen LogP) is 3.33. The first-order valence-corrected chi connectivity index (χ1v) is 12.0. The summed E-state index contributed by atoms with van der Waals surface area (Å²) in [6.45, 7) is 1.68. The van der Waals surface area contributed by atoms with Gasteiger partial charge in [0, 0.05) is 0 Å². The van der Waals surface area contributed by atoms with Gasteiger partial charge in [0.05, 0.1) is 0 Å². The SMILES string of the molecule is CC(I)(C(=O)OC1CCC(C(O)(C(F)(F)F)C(F)(F)F)CC1)C12NI1N2. The van der Waals surface area contributed by atoms with E-state index in [1.807, 2.05) is 22.6 Å². The van der Waals surface area contributed by atoms with Crippen LogP contribution in [0.2, 0.25) is 0 Å². The van der Waals surface area contributed by atoms with Crippen LogP contribution in [0.4, 0.5) is 26.3 Å². The number of fused-ring (bicyclic) bond motifs is 1. The van der Waals surface area contributed by atoms with Crippen molar-refractivity contribution < 1.29 is 41.0 Å². The van der Waals surface area contributed by atoms with Crippen molar-refractivity contribution >= 4 is 48.9 Å². The Morgan fingerprint density at radius 2 is 1.54 bits per heavy atom. The van der Waals surface area contributed by atoms with Crippen LogP contribution in [0.25, 0.3) is 0 Å². The van der Waals surface area contributed by atoms with Gasteiger partial charge in [-0.15, -0.1) is 0 Å². The van der Waals surface area contributed by atoms with E-state index in [2.05, 4.69) is 7.06 Å². The molecule has 1 saturated carbocycles. The van der Waals surface area contributed by atoms with E-state index in [4.69, 9.17) is 4.74 Å². The van der Waals surface area contributed by atoms with Crippen LogP contribution in [-0.4, -0.2) is 42.2 Å². The van der Waals surface area contributed by atoms with E-state index in [1.165, 1.54) is 0 Å². The Kier molecular flexibility index (Phi) is 5.03. The van der Waals surface area contributed by atoms with Crippen molar-refractivity contribution in [2.75, 3.05) is 0 Å². The second-order valence-electron chi connectivity index (χ2n) is 6.77.